The van der Waals surface area contributed by atoms with Crippen LogP contribution in [0.5, 0.6) is 0 Å². The molecule has 2 heterocycles. The van der Waals surface area contributed by atoms with E-state index in [0.717, 1.165) is 41.8 Å². The number of amides is 1. The van der Waals surface area contributed by atoms with Crippen molar-refractivity contribution in [2.75, 3.05) is 14.1 Å². The lowest BCUT2D eigenvalue weighted by atomic mass is 10.2. The first-order valence-corrected chi connectivity index (χ1v) is 13.3. The number of aryl methyl sites for hydroxylation is 2. The number of unbranched alkanes of at least 4 members (excludes halogenated alkanes) is 1. The van der Waals surface area contributed by atoms with Gasteiger partial charge in [0.1, 0.15) is 11.6 Å². The summed E-state index contributed by atoms with van der Waals surface area (Å²) in [6.07, 6.45) is 2.70. The maximum Gasteiger partial charge on any atom is 0.242 e. The van der Waals surface area contributed by atoms with Crippen LogP contribution in [0.3, 0.4) is 0 Å². The molecule has 35 heavy (non-hydrogen) atoms. The predicted octanol–water partition coefficient (Wildman–Crippen LogP) is 3.77. The Morgan fingerprint density at radius 3 is 2.63 bits per heavy atom. The van der Waals surface area contributed by atoms with Gasteiger partial charge in [0.25, 0.3) is 0 Å². The van der Waals surface area contributed by atoms with Gasteiger partial charge >= 0.3 is 0 Å². The molecule has 0 aliphatic heterocycles. The number of sulfonamides is 1. The fourth-order valence-corrected chi connectivity index (χ4v) is 4.99. The van der Waals surface area contributed by atoms with Crippen LogP contribution in [0.2, 0.25) is 0 Å². The summed E-state index contributed by atoms with van der Waals surface area (Å²) < 4.78 is 28.4. The third-order valence-corrected chi connectivity index (χ3v) is 7.89. The smallest absolute Gasteiger partial charge is 0.242 e. The van der Waals surface area contributed by atoms with Crippen LogP contribution in [0.15, 0.2) is 47.4 Å². The molecule has 2 N–H and O–H groups in total. The van der Waals surface area contributed by atoms with E-state index in [0.29, 0.717) is 17.8 Å². The minimum atomic E-state index is -3.55. The van der Waals surface area contributed by atoms with Gasteiger partial charge in [0, 0.05) is 33.5 Å². The van der Waals surface area contributed by atoms with E-state index >= 15 is 0 Å². The second-order valence-corrected chi connectivity index (χ2v) is 11.1. The average Bonchev–Trinajstić information content (AvgIpc) is 3.42. The molecule has 2 aromatic heterocycles. The molecule has 4 aromatic rings. The van der Waals surface area contributed by atoms with Crippen LogP contribution in [-0.4, -0.2) is 52.2 Å². The zero-order chi connectivity index (χ0) is 25.2. The number of nitrogens with one attached hydrogen (secondary N) is 2. The molecule has 1 unspecified atom stereocenters. The first-order valence-electron chi connectivity index (χ1n) is 11.9. The standard InChI is InChI=1S/C25H32N6O3S/c1-5-6-15-31-22-12-11-18(35(33,34)30(3)4)16-21(22)27-23(31)13-14-24(32)26-17(2)25-28-19-9-7-8-10-20(19)29-25/h7-12,16-17H,5-6,13-15H2,1-4H3,(H,26,32)(H,28,29). The van der Waals surface area contributed by atoms with Gasteiger partial charge in [-0.05, 0) is 43.7 Å². The number of H-pyrrole nitrogens is 1. The van der Waals surface area contributed by atoms with Gasteiger partial charge in [0.2, 0.25) is 15.9 Å². The number of hydrogen-bond acceptors (Lipinski definition) is 5. The number of aromatic amines is 1. The summed E-state index contributed by atoms with van der Waals surface area (Å²) in [6.45, 7) is 4.78. The molecular weight excluding hydrogens is 464 g/mol. The van der Waals surface area contributed by atoms with Crippen LogP contribution in [0, 0.1) is 0 Å². The molecule has 0 fully saturated rings. The van der Waals surface area contributed by atoms with E-state index in [4.69, 9.17) is 4.98 Å². The molecule has 10 heteroatoms. The largest absolute Gasteiger partial charge is 0.346 e. The molecule has 0 aliphatic carbocycles. The van der Waals surface area contributed by atoms with Crippen molar-refractivity contribution in [3.63, 3.8) is 0 Å². The number of nitrogens with zero attached hydrogens (tertiary/aromatic N) is 4. The van der Waals surface area contributed by atoms with E-state index < -0.39 is 10.0 Å². The monoisotopic (exact) mass is 496 g/mol. The lowest BCUT2D eigenvalue weighted by molar-refractivity contribution is -0.121. The van der Waals surface area contributed by atoms with Crippen molar-refractivity contribution < 1.29 is 13.2 Å². The minimum Gasteiger partial charge on any atom is -0.346 e. The molecule has 0 saturated carbocycles. The number of imidazole rings is 2. The highest BCUT2D eigenvalue weighted by Crippen LogP contribution is 2.23. The van der Waals surface area contributed by atoms with E-state index in [9.17, 15) is 13.2 Å². The van der Waals surface area contributed by atoms with Crippen molar-refractivity contribution in [1.29, 1.82) is 0 Å². The Morgan fingerprint density at radius 2 is 1.91 bits per heavy atom. The fraction of sp³-hybridized carbons (Fsp3) is 0.400. The highest BCUT2D eigenvalue weighted by Gasteiger charge is 2.20. The molecule has 1 amide bonds. The molecule has 0 saturated heterocycles. The predicted molar refractivity (Wildman–Crippen MR) is 136 cm³/mol. The number of para-hydroxylation sites is 2. The zero-order valence-electron chi connectivity index (χ0n) is 20.6. The van der Waals surface area contributed by atoms with Gasteiger partial charge in [-0.15, -0.1) is 0 Å². The van der Waals surface area contributed by atoms with E-state index in [-0.39, 0.29) is 23.3 Å². The molecule has 0 radical (unpaired) electrons. The number of carbonyl (C=O) groups excluding carboxylic acids is 1. The van der Waals surface area contributed by atoms with Crippen LogP contribution in [0.4, 0.5) is 0 Å². The summed E-state index contributed by atoms with van der Waals surface area (Å²) in [7, 11) is -0.534. The summed E-state index contributed by atoms with van der Waals surface area (Å²) >= 11 is 0. The van der Waals surface area contributed by atoms with Gasteiger partial charge in [0.05, 0.1) is 33.0 Å². The summed E-state index contributed by atoms with van der Waals surface area (Å²) in [5.41, 5.74) is 3.30. The number of rotatable bonds is 10. The van der Waals surface area contributed by atoms with Crippen molar-refractivity contribution >= 4 is 38.0 Å². The van der Waals surface area contributed by atoms with Crippen LogP contribution in [-0.2, 0) is 27.8 Å². The highest BCUT2D eigenvalue weighted by atomic mass is 32.2. The Morgan fingerprint density at radius 1 is 1.14 bits per heavy atom. The summed E-state index contributed by atoms with van der Waals surface area (Å²) in [4.78, 5) is 25.5. The van der Waals surface area contributed by atoms with Crippen LogP contribution < -0.4 is 5.32 Å². The summed E-state index contributed by atoms with van der Waals surface area (Å²) in [6, 6.07) is 12.5. The average molecular weight is 497 g/mol. The van der Waals surface area contributed by atoms with Crippen molar-refractivity contribution in [2.45, 2.75) is 57.0 Å². The first-order chi connectivity index (χ1) is 16.7. The molecule has 1 atom stereocenters. The Balaban J connectivity index is 1.51. The topological polar surface area (TPSA) is 113 Å². The number of aromatic nitrogens is 4. The number of benzene rings is 2. The lowest BCUT2D eigenvalue weighted by Crippen LogP contribution is -2.27. The normalized spacial score (nSPS) is 13.1. The van der Waals surface area contributed by atoms with Crippen molar-refractivity contribution in [3.8, 4) is 0 Å². The maximum atomic E-state index is 12.7. The maximum absolute atomic E-state index is 12.7. The Kier molecular flexibility index (Phi) is 7.23. The third-order valence-electron chi connectivity index (χ3n) is 6.08. The molecular formula is C25H32N6O3S. The number of hydrogen-bond donors (Lipinski definition) is 2. The quantitative estimate of drug-likeness (QED) is 0.347. The van der Waals surface area contributed by atoms with E-state index in [1.165, 1.54) is 18.4 Å². The van der Waals surface area contributed by atoms with Crippen LogP contribution >= 0.6 is 0 Å². The Bertz CT molecular complexity index is 1420. The molecule has 186 valence electrons. The van der Waals surface area contributed by atoms with Gasteiger partial charge < -0.3 is 14.9 Å². The zero-order valence-corrected chi connectivity index (χ0v) is 21.4. The van der Waals surface area contributed by atoms with Gasteiger partial charge in [0.15, 0.2) is 0 Å². The fourth-order valence-electron chi connectivity index (χ4n) is 4.07. The molecule has 0 bridgehead atoms. The van der Waals surface area contributed by atoms with Gasteiger partial charge in [-0.3, -0.25) is 4.79 Å². The van der Waals surface area contributed by atoms with E-state index in [1.54, 1.807) is 12.1 Å². The molecule has 0 spiro atoms. The van der Waals surface area contributed by atoms with E-state index in [1.807, 2.05) is 37.3 Å². The first kappa shape index (κ1) is 24.9. The molecule has 9 nitrogen and oxygen atoms in total. The van der Waals surface area contributed by atoms with Crippen LogP contribution in [0.25, 0.3) is 22.1 Å². The van der Waals surface area contributed by atoms with Gasteiger partial charge in [-0.25, -0.2) is 22.7 Å². The highest BCUT2D eigenvalue weighted by molar-refractivity contribution is 7.89. The SMILES string of the molecule is CCCCn1c(CCC(=O)NC(C)c2nc3ccccc3[nH]2)nc2cc(S(=O)(=O)N(C)C)ccc21. The van der Waals surface area contributed by atoms with Crippen molar-refractivity contribution in [1.82, 2.24) is 29.1 Å². The Labute approximate surface area is 205 Å². The molecule has 2 aromatic carbocycles. The van der Waals surface area contributed by atoms with Gasteiger partial charge in [-0.2, -0.15) is 0 Å². The second-order valence-electron chi connectivity index (χ2n) is 8.90. The summed E-state index contributed by atoms with van der Waals surface area (Å²) in [5.74, 6) is 1.40. The summed E-state index contributed by atoms with van der Waals surface area (Å²) in [5, 5.41) is 3.01. The van der Waals surface area contributed by atoms with Crippen molar-refractivity contribution in [3.05, 3.63) is 54.1 Å². The molecule has 0 aliphatic rings. The Hall–Kier alpha value is -3.24. The number of carbonyl (C=O) groups is 1. The lowest BCUT2D eigenvalue weighted by Gasteiger charge is -2.12. The third kappa shape index (κ3) is 5.23. The van der Waals surface area contributed by atoms with E-state index in [2.05, 4.69) is 26.8 Å². The number of fused-ring (bicyclic) bond motifs is 2. The van der Waals surface area contributed by atoms with Gasteiger partial charge in [-0.1, -0.05) is 25.5 Å². The minimum absolute atomic E-state index is 0.0945. The molecule has 4 rings (SSSR count). The van der Waals surface area contributed by atoms with Crippen LogP contribution in [0.1, 0.15) is 50.8 Å². The van der Waals surface area contributed by atoms with Crippen molar-refractivity contribution in [2.24, 2.45) is 0 Å². The second kappa shape index (κ2) is 10.2.